The van der Waals surface area contributed by atoms with Crippen molar-refractivity contribution >= 4 is 23.1 Å². The van der Waals surface area contributed by atoms with Crippen LogP contribution in [0, 0.1) is 18.3 Å². The molecule has 0 amide bonds. The summed E-state index contributed by atoms with van der Waals surface area (Å²) in [6.07, 6.45) is 0. The molecule has 2 rings (SSSR count). The van der Waals surface area contributed by atoms with E-state index in [1.54, 1.807) is 26.0 Å². The van der Waals surface area contributed by atoms with E-state index in [0.29, 0.717) is 23.0 Å². The number of esters is 1. The summed E-state index contributed by atoms with van der Waals surface area (Å²) in [6, 6.07) is 5.02. The van der Waals surface area contributed by atoms with Crippen molar-refractivity contribution in [1.29, 1.82) is 5.26 Å². The number of hydrogen-bond donors (Lipinski definition) is 1. The van der Waals surface area contributed by atoms with E-state index in [9.17, 15) is 4.79 Å². The zero-order chi connectivity index (χ0) is 16.1. The van der Waals surface area contributed by atoms with E-state index in [2.05, 4.69) is 20.5 Å². The van der Waals surface area contributed by atoms with Gasteiger partial charge in [-0.25, -0.2) is 9.78 Å². The Morgan fingerprint density at radius 3 is 2.86 bits per heavy atom. The smallest absolute Gasteiger partial charge is 0.350 e. The Bertz CT molecular complexity index is 705. The minimum absolute atomic E-state index is 0.144. The van der Waals surface area contributed by atoms with E-state index >= 15 is 0 Å². The third-order valence-electron chi connectivity index (χ3n) is 2.79. The van der Waals surface area contributed by atoms with Crippen molar-refractivity contribution in [2.75, 3.05) is 11.9 Å². The van der Waals surface area contributed by atoms with Crippen LogP contribution in [-0.4, -0.2) is 27.8 Å². The number of nitriles is 1. The second-order valence-corrected chi connectivity index (χ2v) is 5.50. The van der Waals surface area contributed by atoms with Gasteiger partial charge in [0.25, 0.3) is 0 Å². The third-order valence-corrected chi connectivity index (χ3v) is 4.11. The van der Waals surface area contributed by atoms with E-state index in [4.69, 9.17) is 10.00 Å². The molecule has 2 aromatic rings. The molecule has 0 aromatic carbocycles. The number of hydrogen-bond acceptors (Lipinski definition) is 8. The largest absolute Gasteiger partial charge is 0.462 e. The molecule has 1 atom stereocenters. The Morgan fingerprint density at radius 2 is 2.27 bits per heavy atom. The van der Waals surface area contributed by atoms with E-state index < -0.39 is 0 Å². The molecule has 114 valence electrons. The summed E-state index contributed by atoms with van der Waals surface area (Å²) in [5, 5.41) is 20.2. The van der Waals surface area contributed by atoms with Crippen LogP contribution in [0.25, 0.3) is 0 Å². The highest BCUT2D eigenvalue weighted by Crippen LogP contribution is 2.26. The van der Waals surface area contributed by atoms with Crippen LogP contribution in [0.5, 0.6) is 0 Å². The van der Waals surface area contributed by atoms with Crippen LogP contribution in [0.4, 0.5) is 5.82 Å². The van der Waals surface area contributed by atoms with Gasteiger partial charge in [0.15, 0.2) is 5.69 Å². The van der Waals surface area contributed by atoms with Gasteiger partial charge in [-0.2, -0.15) is 5.26 Å². The molecule has 0 aliphatic carbocycles. The van der Waals surface area contributed by atoms with Gasteiger partial charge < -0.3 is 10.1 Å². The number of nitrogens with zero attached hydrogens (tertiary/aromatic N) is 4. The zero-order valence-electron chi connectivity index (χ0n) is 12.5. The SMILES string of the molecule is CCOC(=O)c1sc(C(C)Nc2ccc(C#N)nn2)nc1C. The van der Waals surface area contributed by atoms with E-state index in [1.807, 2.05) is 13.0 Å². The van der Waals surface area contributed by atoms with E-state index in [0.717, 1.165) is 5.01 Å². The monoisotopic (exact) mass is 317 g/mol. The van der Waals surface area contributed by atoms with Crippen LogP contribution in [0.1, 0.15) is 46.0 Å². The van der Waals surface area contributed by atoms with Crippen LogP contribution in [0.3, 0.4) is 0 Å². The Balaban J connectivity index is 2.12. The molecule has 0 fully saturated rings. The first-order valence-electron chi connectivity index (χ1n) is 6.70. The summed E-state index contributed by atoms with van der Waals surface area (Å²) in [5.41, 5.74) is 0.908. The number of ether oxygens (including phenoxy) is 1. The predicted octanol–water partition coefficient (Wildman–Crippen LogP) is 2.46. The fourth-order valence-electron chi connectivity index (χ4n) is 1.74. The molecule has 0 aliphatic heterocycles. The van der Waals surface area contributed by atoms with Crippen molar-refractivity contribution in [2.24, 2.45) is 0 Å². The van der Waals surface area contributed by atoms with Crippen molar-refractivity contribution in [3.8, 4) is 6.07 Å². The second kappa shape index (κ2) is 6.95. The van der Waals surface area contributed by atoms with Crippen LogP contribution >= 0.6 is 11.3 Å². The lowest BCUT2D eigenvalue weighted by molar-refractivity contribution is 0.0531. The van der Waals surface area contributed by atoms with Crippen molar-refractivity contribution in [1.82, 2.24) is 15.2 Å². The lowest BCUT2D eigenvalue weighted by atomic mass is 10.3. The van der Waals surface area contributed by atoms with Gasteiger partial charge in [-0.3, -0.25) is 0 Å². The molecular formula is C14H15N5O2S. The molecule has 8 heteroatoms. The molecule has 0 spiro atoms. The highest BCUT2D eigenvalue weighted by molar-refractivity contribution is 7.13. The zero-order valence-corrected chi connectivity index (χ0v) is 13.3. The fourth-order valence-corrected chi connectivity index (χ4v) is 2.70. The number of nitrogens with one attached hydrogen (secondary N) is 1. The average Bonchev–Trinajstić information content (AvgIpc) is 2.90. The Hall–Kier alpha value is -2.53. The Kier molecular flexibility index (Phi) is 5.01. The Morgan fingerprint density at radius 1 is 1.50 bits per heavy atom. The molecule has 22 heavy (non-hydrogen) atoms. The van der Waals surface area contributed by atoms with Gasteiger partial charge in [-0.05, 0) is 32.9 Å². The van der Waals surface area contributed by atoms with Crippen LogP contribution in [0.2, 0.25) is 0 Å². The first-order chi connectivity index (χ1) is 10.5. The van der Waals surface area contributed by atoms with E-state index in [-0.39, 0.29) is 17.7 Å². The van der Waals surface area contributed by atoms with Crippen LogP contribution in [0.15, 0.2) is 12.1 Å². The summed E-state index contributed by atoms with van der Waals surface area (Å²) in [6.45, 7) is 5.79. The van der Waals surface area contributed by atoms with Crippen LogP contribution < -0.4 is 5.32 Å². The van der Waals surface area contributed by atoms with E-state index in [1.165, 1.54) is 11.3 Å². The number of rotatable bonds is 5. The van der Waals surface area contributed by atoms with Gasteiger partial charge in [-0.15, -0.1) is 21.5 Å². The summed E-state index contributed by atoms with van der Waals surface area (Å²) in [4.78, 5) is 16.7. The summed E-state index contributed by atoms with van der Waals surface area (Å²) >= 11 is 1.29. The molecule has 0 aliphatic rings. The summed E-state index contributed by atoms with van der Waals surface area (Å²) in [7, 11) is 0. The first kappa shape index (κ1) is 15.9. The van der Waals surface area contributed by atoms with Gasteiger partial charge in [-0.1, -0.05) is 0 Å². The lowest BCUT2D eigenvalue weighted by Gasteiger charge is -2.10. The predicted molar refractivity (Wildman–Crippen MR) is 81.6 cm³/mol. The highest BCUT2D eigenvalue weighted by atomic mass is 32.1. The van der Waals surface area contributed by atoms with Gasteiger partial charge in [0.05, 0.1) is 18.3 Å². The molecule has 0 saturated heterocycles. The second-order valence-electron chi connectivity index (χ2n) is 4.47. The number of anilines is 1. The minimum Gasteiger partial charge on any atom is -0.462 e. The molecule has 1 N–H and O–H groups in total. The molecule has 0 radical (unpaired) electrons. The van der Waals surface area contributed by atoms with Crippen molar-refractivity contribution in [3.63, 3.8) is 0 Å². The van der Waals surface area contributed by atoms with Gasteiger partial charge in [0, 0.05) is 0 Å². The number of carbonyl (C=O) groups excluding carboxylic acids is 1. The van der Waals surface area contributed by atoms with Crippen molar-refractivity contribution in [2.45, 2.75) is 26.8 Å². The lowest BCUT2D eigenvalue weighted by Crippen LogP contribution is -2.08. The maximum atomic E-state index is 11.8. The molecule has 0 bridgehead atoms. The van der Waals surface area contributed by atoms with Crippen LogP contribution in [-0.2, 0) is 4.74 Å². The van der Waals surface area contributed by atoms with Crippen molar-refractivity contribution in [3.05, 3.63) is 33.4 Å². The molecule has 2 aromatic heterocycles. The maximum absolute atomic E-state index is 11.8. The quantitative estimate of drug-likeness (QED) is 0.845. The van der Waals surface area contributed by atoms with Gasteiger partial charge in [0.2, 0.25) is 0 Å². The summed E-state index contributed by atoms with van der Waals surface area (Å²) < 4.78 is 5.00. The number of thiazole rings is 1. The molecule has 0 saturated carbocycles. The van der Waals surface area contributed by atoms with Crippen molar-refractivity contribution < 1.29 is 9.53 Å². The first-order valence-corrected chi connectivity index (χ1v) is 7.51. The Labute approximate surface area is 132 Å². The van der Waals surface area contributed by atoms with Gasteiger partial charge >= 0.3 is 5.97 Å². The summed E-state index contributed by atoms with van der Waals surface area (Å²) in [5.74, 6) is 0.186. The molecular weight excluding hydrogens is 302 g/mol. The molecule has 2 heterocycles. The third kappa shape index (κ3) is 3.56. The fraction of sp³-hybridized carbons (Fsp3) is 0.357. The highest BCUT2D eigenvalue weighted by Gasteiger charge is 2.19. The normalized spacial score (nSPS) is 11.5. The molecule has 7 nitrogen and oxygen atoms in total. The average molecular weight is 317 g/mol. The number of carbonyl (C=O) groups is 1. The molecule has 1 unspecified atom stereocenters. The number of aryl methyl sites for hydroxylation is 1. The standard InChI is InChI=1S/C14H15N5O2S/c1-4-21-14(20)12-8(2)17-13(22-12)9(3)16-11-6-5-10(7-15)18-19-11/h5-6,9H,4H2,1-3H3,(H,16,19). The number of aromatic nitrogens is 3. The minimum atomic E-state index is -0.353. The topological polar surface area (TPSA) is 101 Å². The maximum Gasteiger partial charge on any atom is 0.350 e. The van der Waals surface area contributed by atoms with Gasteiger partial charge in [0.1, 0.15) is 21.8 Å².